The molecule has 5 nitrogen and oxygen atoms in total. The number of anilines is 1. The summed E-state index contributed by atoms with van der Waals surface area (Å²) in [6.45, 7) is 4.84. The molecule has 0 saturated carbocycles. The first kappa shape index (κ1) is 18.1. The van der Waals surface area contributed by atoms with Crippen LogP contribution in [0.5, 0.6) is 0 Å². The molecule has 0 fully saturated rings. The summed E-state index contributed by atoms with van der Waals surface area (Å²) in [5.74, 6) is 0. The normalized spacial score (nSPS) is 14.6. The lowest BCUT2D eigenvalue weighted by molar-refractivity contribution is 0.581. The summed E-state index contributed by atoms with van der Waals surface area (Å²) >= 11 is 0. The number of nitrogens with one attached hydrogen (secondary N) is 2. The maximum atomic E-state index is 12.2. The molecule has 0 aliphatic carbocycles. The summed E-state index contributed by atoms with van der Waals surface area (Å²) in [6, 6.07) is 6.83. The zero-order valence-corrected chi connectivity index (χ0v) is 14.4. The van der Waals surface area contributed by atoms with Crippen LogP contribution in [-0.4, -0.2) is 37.2 Å². The van der Waals surface area contributed by atoms with E-state index >= 15 is 0 Å². The molecule has 0 spiro atoms. The van der Waals surface area contributed by atoms with E-state index in [2.05, 4.69) is 10.0 Å². The lowest BCUT2D eigenvalue weighted by Crippen LogP contribution is -2.25. The molecule has 0 aliphatic rings. The molecule has 0 aliphatic heterocycles. The summed E-state index contributed by atoms with van der Waals surface area (Å²) in [6.07, 6.45) is 3.15. The Bertz CT molecular complexity index is 573. The second-order valence-corrected chi connectivity index (χ2v) is 8.46. The van der Waals surface area contributed by atoms with Gasteiger partial charge < -0.3 is 5.32 Å². The number of benzene rings is 1. The number of hydrogen-bond acceptors (Lipinski definition) is 4. The molecule has 2 N–H and O–H groups in total. The van der Waals surface area contributed by atoms with Gasteiger partial charge in [-0.3, -0.25) is 4.21 Å². The average molecular weight is 332 g/mol. The van der Waals surface area contributed by atoms with Crippen molar-refractivity contribution in [1.29, 1.82) is 0 Å². The number of rotatable bonds is 9. The van der Waals surface area contributed by atoms with E-state index in [1.54, 1.807) is 30.5 Å². The monoisotopic (exact) mass is 332 g/mol. The molecule has 0 aromatic heterocycles. The van der Waals surface area contributed by atoms with Gasteiger partial charge in [0.1, 0.15) is 4.90 Å². The molecular formula is C14H24N2O3S2. The maximum Gasteiger partial charge on any atom is 0.242 e. The quantitative estimate of drug-likeness (QED) is 0.725. The van der Waals surface area contributed by atoms with Crippen LogP contribution in [0.25, 0.3) is 0 Å². The van der Waals surface area contributed by atoms with E-state index in [9.17, 15) is 12.6 Å². The third-order valence-corrected chi connectivity index (χ3v) is 6.04. The highest BCUT2D eigenvalue weighted by Crippen LogP contribution is 2.20. The highest BCUT2D eigenvalue weighted by Gasteiger charge is 2.17. The Balaban J connectivity index is 2.78. The van der Waals surface area contributed by atoms with Gasteiger partial charge in [0.05, 0.1) is 5.69 Å². The first-order valence-electron chi connectivity index (χ1n) is 7.03. The number of hydrogen-bond donors (Lipinski definition) is 2. The highest BCUT2D eigenvalue weighted by atomic mass is 32.2. The van der Waals surface area contributed by atoms with E-state index in [1.807, 2.05) is 13.8 Å². The highest BCUT2D eigenvalue weighted by molar-refractivity contribution is 7.89. The molecule has 1 aromatic rings. The predicted molar refractivity (Wildman–Crippen MR) is 88.6 cm³/mol. The molecule has 120 valence electrons. The molecule has 0 heterocycles. The van der Waals surface area contributed by atoms with Gasteiger partial charge in [-0.05, 0) is 25.0 Å². The van der Waals surface area contributed by atoms with Gasteiger partial charge in [0, 0.05) is 35.4 Å². The fourth-order valence-electron chi connectivity index (χ4n) is 1.74. The van der Waals surface area contributed by atoms with Gasteiger partial charge in [-0.1, -0.05) is 26.0 Å². The van der Waals surface area contributed by atoms with Gasteiger partial charge in [0.15, 0.2) is 0 Å². The van der Waals surface area contributed by atoms with Crippen LogP contribution in [0.4, 0.5) is 5.69 Å². The minimum atomic E-state index is -3.49. The summed E-state index contributed by atoms with van der Waals surface area (Å²) in [5, 5.41) is 3.21. The van der Waals surface area contributed by atoms with Gasteiger partial charge in [-0.15, -0.1) is 0 Å². The first-order valence-corrected chi connectivity index (χ1v) is 10.1. The van der Waals surface area contributed by atoms with E-state index in [4.69, 9.17) is 0 Å². The smallest absolute Gasteiger partial charge is 0.242 e. The molecule has 1 rings (SSSR count). The van der Waals surface area contributed by atoms with Gasteiger partial charge in [-0.2, -0.15) is 0 Å². The van der Waals surface area contributed by atoms with Gasteiger partial charge in [0.2, 0.25) is 10.0 Å². The Hall–Kier alpha value is -0.920. The molecule has 2 unspecified atom stereocenters. The van der Waals surface area contributed by atoms with E-state index in [1.165, 1.54) is 0 Å². The van der Waals surface area contributed by atoms with Crippen LogP contribution < -0.4 is 10.0 Å². The van der Waals surface area contributed by atoms with E-state index in [-0.39, 0.29) is 10.1 Å². The van der Waals surface area contributed by atoms with Gasteiger partial charge >= 0.3 is 0 Å². The first-order chi connectivity index (χ1) is 9.88. The van der Waals surface area contributed by atoms with Crippen molar-refractivity contribution < 1.29 is 12.6 Å². The van der Waals surface area contributed by atoms with Crippen molar-refractivity contribution in [1.82, 2.24) is 4.72 Å². The zero-order chi connectivity index (χ0) is 15.9. The minimum Gasteiger partial charge on any atom is -0.384 e. The van der Waals surface area contributed by atoms with Crippen molar-refractivity contribution in [3.8, 4) is 0 Å². The van der Waals surface area contributed by atoms with Crippen molar-refractivity contribution >= 4 is 26.5 Å². The predicted octanol–water partition coefficient (Wildman–Crippen LogP) is 1.94. The third kappa shape index (κ3) is 5.76. The summed E-state index contributed by atoms with van der Waals surface area (Å²) < 4.78 is 38.3. The maximum absolute atomic E-state index is 12.2. The van der Waals surface area contributed by atoms with Crippen LogP contribution >= 0.6 is 0 Å². The molecule has 0 amide bonds. The topological polar surface area (TPSA) is 75.3 Å². The van der Waals surface area contributed by atoms with Crippen LogP contribution in [0, 0.1) is 0 Å². The lowest BCUT2D eigenvalue weighted by atomic mass is 10.3. The van der Waals surface area contributed by atoms with Crippen LogP contribution in [0.3, 0.4) is 0 Å². The van der Waals surface area contributed by atoms with Crippen molar-refractivity contribution in [3.63, 3.8) is 0 Å². The van der Waals surface area contributed by atoms with Crippen LogP contribution in [0.2, 0.25) is 0 Å². The van der Waals surface area contributed by atoms with Gasteiger partial charge in [0.25, 0.3) is 0 Å². The fourth-order valence-corrected chi connectivity index (χ4v) is 3.50. The standard InChI is InChI=1S/C14H24N2O3S2/c1-4-10-16-21(18,19)14-8-6-5-7-13(14)15-11-9-12(2)20(3)17/h5-8,12,15-16H,4,9-11H2,1-3H3. The number of para-hydroxylation sites is 1. The zero-order valence-electron chi connectivity index (χ0n) is 12.8. The molecular weight excluding hydrogens is 308 g/mol. The van der Waals surface area contributed by atoms with Crippen molar-refractivity contribution in [2.75, 3.05) is 24.7 Å². The third-order valence-electron chi connectivity index (χ3n) is 3.15. The Kier molecular flexibility index (Phi) is 7.34. The van der Waals surface area contributed by atoms with Crippen LogP contribution in [-0.2, 0) is 20.8 Å². The Morgan fingerprint density at radius 3 is 2.52 bits per heavy atom. The van der Waals surface area contributed by atoms with E-state index < -0.39 is 20.8 Å². The summed E-state index contributed by atoms with van der Waals surface area (Å²) in [7, 11) is -4.36. The average Bonchev–Trinajstić information content (AvgIpc) is 2.45. The Labute approximate surface area is 130 Å². The lowest BCUT2D eigenvalue weighted by Gasteiger charge is -2.14. The second-order valence-electron chi connectivity index (χ2n) is 4.92. The largest absolute Gasteiger partial charge is 0.384 e. The van der Waals surface area contributed by atoms with E-state index in [0.717, 1.165) is 12.8 Å². The molecule has 2 atom stereocenters. The molecule has 0 radical (unpaired) electrons. The molecule has 21 heavy (non-hydrogen) atoms. The van der Waals surface area contributed by atoms with Gasteiger partial charge in [-0.25, -0.2) is 13.1 Å². The Morgan fingerprint density at radius 2 is 1.90 bits per heavy atom. The molecule has 7 heteroatoms. The fraction of sp³-hybridized carbons (Fsp3) is 0.571. The van der Waals surface area contributed by atoms with Crippen molar-refractivity contribution in [3.05, 3.63) is 24.3 Å². The molecule has 1 aromatic carbocycles. The van der Waals surface area contributed by atoms with E-state index in [0.29, 0.717) is 18.8 Å². The number of sulfonamides is 1. The second kappa shape index (κ2) is 8.51. The summed E-state index contributed by atoms with van der Waals surface area (Å²) in [4.78, 5) is 0.253. The molecule has 0 bridgehead atoms. The van der Waals surface area contributed by atoms with Crippen molar-refractivity contribution in [2.45, 2.75) is 36.8 Å². The van der Waals surface area contributed by atoms with Crippen LogP contribution in [0.1, 0.15) is 26.7 Å². The SMILES string of the molecule is CCCNS(=O)(=O)c1ccccc1NCCC(C)S(C)=O. The Morgan fingerprint density at radius 1 is 1.24 bits per heavy atom. The molecule has 0 saturated heterocycles. The van der Waals surface area contributed by atoms with Crippen LogP contribution in [0.15, 0.2) is 29.2 Å². The van der Waals surface area contributed by atoms with Crippen molar-refractivity contribution in [2.24, 2.45) is 0 Å². The summed E-state index contributed by atoms with van der Waals surface area (Å²) in [5.41, 5.74) is 0.579. The minimum absolute atomic E-state index is 0.0829.